The summed E-state index contributed by atoms with van der Waals surface area (Å²) in [4.78, 5) is 14.0. The Balaban J connectivity index is 1.93. The minimum atomic E-state index is -3.25. The zero-order valence-corrected chi connectivity index (χ0v) is 14.6. The molecule has 0 bridgehead atoms. The number of alkyl halides is 2. The van der Waals surface area contributed by atoms with Gasteiger partial charge in [-0.2, -0.15) is 8.78 Å². The number of halogens is 2. The molecule has 1 aromatic rings. The highest BCUT2D eigenvalue weighted by Gasteiger charge is 2.22. The van der Waals surface area contributed by atoms with Crippen LogP contribution in [-0.4, -0.2) is 69.1 Å². The number of benzene rings is 1. The van der Waals surface area contributed by atoms with E-state index in [4.69, 9.17) is 0 Å². The molecule has 140 valence electrons. The molecule has 0 saturated carbocycles. The van der Waals surface area contributed by atoms with Crippen LogP contribution in [0.25, 0.3) is 0 Å². The fourth-order valence-corrected chi connectivity index (χ4v) is 3.47. The number of hydrogen-bond donors (Lipinski definition) is 1. The predicted molar refractivity (Wildman–Crippen MR) is 89.2 cm³/mol. The summed E-state index contributed by atoms with van der Waals surface area (Å²) in [5, 5.41) is 2.55. The number of carbonyl (C=O) groups is 1. The number of nitrogens with one attached hydrogen (secondary N) is 1. The maximum Gasteiger partial charge on any atom is 0.387 e. The summed E-state index contributed by atoms with van der Waals surface area (Å²) in [6, 6.07) is 5.95. The van der Waals surface area contributed by atoms with Crippen molar-refractivity contribution in [1.82, 2.24) is 9.21 Å². The van der Waals surface area contributed by atoms with Gasteiger partial charge >= 0.3 is 6.61 Å². The van der Waals surface area contributed by atoms with Crippen LogP contribution in [0.15, 0.2) is 24.3 Å². The Bertz CT molecular complexity index is 700. The molecule has 0 spiro atoms. The number of hydrogen-bond acceptors (Lipinski definition) is 5. The van der Waals surface area contributed by atoms with Crippen LogP contribution in [0.4, 0.5) is 14.5 Å². The third-order valence-electron chi connectivity index (χ3n) is 3.76. The Labute approximate surface area is 145 Å². The first kappa shape index (κ1) is 19.5. The van der Waals surface area contributed by atoms with Gasteiger partial charge in [-0.3, -0.25) is 9.69 Å². The SMILES string of the molecule is CS(=O)(=O)N1CCCN(CC(=O)Nc2ccccc2OC(F)F)CC1. The second-order valence-electron chi connectivity index (χ2n) is 5.71. The number of para-hydroxylation sites is 2. The van der Waals surface area contributed by atoms with Crippen molar-refractivity contribution in [2.75, 3.05) is 44.3 Å². The van der Waals surface area contributed by atoms with E-state index in [1.807, 2.05) is 4.90 Å². The molecule has 1 aliphatic heterocycles. The second-order valence-corrected chi connectivity index (χ2v) is 7.70. The third kappa shape index (κ3) is 6.22. The summed E-state index contributed by atoms with van der Waals surface area (Å²) in [5.41, 5.74) is 0.167. The number of anilines is 1. The highest BCUT2D eigenvalue weighted by molar-refractivity contribution is 7.88. The molecule has 1 aromatic carbocycles. The van der Waals surface area contributed by atoms with Gasteiger partial charge in [-0.1, -0.05) is 12.1 Å². The molecule has 25 heavy (non-hydrogen) atoms. The average molecular weight is 377 g/mol. The van der Waals surface area contributed by atoms with Crippen molar-refractivity contribution >= 4 is 21.6 Å². The van der Waals surface area contributed by atoms with Crippen LogP contribution in [0.1, 0.15) is 6.42 Å². The fraction of sp³-hybridized carbons (Fsp3) is 0.533. The van der Waals surface area contributed by atoms with Crippen molar-refractivity contribution in [2.24, 2.45) is 0 Å². The van der Waals surface area contributed by atoms with Crippen LogP contribution in [0, 0.1) is 0 Å². The van der Waals surface area contributed by atoms with Gasteiger partial charge < -0.3 is 10.1 Å². The lowest BCUT2D eigenvalue weighted by Gasteiger charge is -2.20. The van der Waals surface area contributed by atoms with Crippen molar-refractivity contribution in [3.05, 3.63) is 24.3 Å². The molecule has 1 saturated heterocycles. The predicted octanol–water partition coefficient (Wildman–Crippen LogP) is 1.19. The second kappa shape index (κ2) is 8.54. The standard InChI is InChI=1S/C15H21F2N3O4S/c1-25(22,23)20-8-4-7-19(9-10-20)11-14(21)18-12-5-2-3-6-13(12)24-15(16)17/h2-3,5-6,15H,4,7-11H2,1H3,(H,18,21). The molecule has 1 aliphatic rings. The largest absolute Gasteiger partial charge is 0.433 e. The van der Waals surface area contributed by atoms with Gasteiger partial charge in [-0.25, -0.2) is 12.7 Å². The minimum Gasteiger partial charge on any atom is -0.433 e. The van der Waals surface area contributed by atoms with E-state index in [1.165, 1.54) is 22.5 Å². The number of sulfonamides is 1. The van der Waals surface area contributed by atoms with Gasteiger partial charge in [0.05, 0.1) is 18.5 Å². The normalized spacial score (nSPS) is 17.3. The summed E-state index contributed by atoms with van der Waals surface area (Å²) in [6.45, 7) is -1.20. The van der Waals surface area contributed by atoms with E-state index in [0.717, 1.165) is 6.26 Å². The van der Waals surface area contributed by atoms with Gasteiger partial charge in [0.2, 0.25) is 15.9 Å². The first-order valence-electron chi connectivity index (χ1n) is 7.77. The number of ether oxygens (including phenoxy) is 1. The first-order chi connectivity index (χ1) is 11.8. The Hall–Kier alpha value is -1.78. The summed E-state index contributed by atoms with van der Waals surface area (Å²) in [6.07, 6.45) is 1.78. The highest BCUT2D eigenvalue weighted by atomic mass is 32.2. The lowest BCUT2D eigenvalue weighted by atomic mass is 10.3. The molecular formula is C15H21F2N3O4S. The molecule has 0 radical (unpaired) electrons. The summed E-state index contributed by atoms with van der Waals surface area (Å²) >= 11 is 0. The van der Waals surface area contributed by atoms with Gasteiger partial charge in [0, 0.05) is 19.6 Å². The third-order valence-corrected chi connectivity index (χ3v) is 5.06. The van der Waals surface area contributed by atoms with E-state index in [-0.39, 0.29) is 23.9 Å². The maximum absolute atomic E-state index is 12.4. The van der Waals surface area contributed by atoms with E-state index in [1.54, 1.807) is 6.07 Å². The molecule has 0 aliphatic carbocycles. The van der Waals surface area contributed by atoms with Crippen LogP contribution >= 0.6 is 0 Å². The zero-order chi connectivity index (χ0) is 18.4. The summed E-state index contributed by atoms with van der Waals surface area (Å²) in [7, 11) is -3.25. The number of amides is 1. The van der Waals surface area contributed by atoms with E-state index in [9.17, 15) is 22.0 Å². The van der Waals surface area contributed by atoms with Crippen molar-refractivity contribution in [3.63, 3.8) is 0 Å². The molecule has 1 heterocycles. The lowest BCUT2D eigenvalue weighted by Crippen LogP contribution is -2.37. The highest BCUT2D eigenvalue weighted by Crippen LogP contribution is 2.25. The Morgan fingerprint density at radius 3 is 2.64 bits per heavy atom. The maximum atomic E-state index is 12.4. The Morgan fingerprint density at radius 2 is 1.96 bits per heavy atom. The van der Waals surface area contributed by atoms with Gasteiger partial charge in [-0.15, -0.1) is 0 Å². The van der Waals surface area contributed by atoms with Crippen LogP contribution in [0.5, 0.6) is 5.75 Å². The van der Waals surface area contributed by atoms with Gasteiger partial charge in [-0.05, 0) is 25.1 Å². The molecule has 0 aromatic heterocycles. The van der Waals surface area contributed by atoms with E-state index in [0.29, 0.717) is 32.6 Å². The molecule has 7 nitrogen and oxygen atoms in total. The van der Waals surface area contributed by atoms with Crippen molar-refractivity contribution < 1.29 is 26.7 Å². The van der Waals surface area contributed by atoms with Crippen LogP contribution in [-0.2, 0) is 14.8 Å². The van der Waals surface area contributed by atoms with Crippen LogP contribution < -0.4 is 10.1 Å². The minimum absolute atomic E-state index is 0.0423. The van der Waals surface area contributed by atoms with Crippen molar-refractivity contribution in [1.29, 1.82) is 0 Å². The molecule has 1 fully saturated rings. The molecule has 1 amide bonds. The van der Waals surface area contributed by atoms with Crippen LogP contribution in [0.2, 0.25) is 0 Å². The molecule has 10 heteroatoms. The average Bonchev–Trinajstić information content (AvgIpc) is 2.74. The topological polar surface area (TPSA) is 79.0 Å². The van der Waals surface area contributed by atoms with E-state index in [2.05, 4.69) is 10.1 Å². The smallest absolute Gasteiger partial charge is 0.387 e. The van der Waals surface area contributed by atoms with E-state index >= 15 is 0 Å². The van der Waals surface area contributed by atoms with Crippen molar-refractivity contribution in [2.45, 2.75) is 13.0 Å². The number of nitrogens with zero attached hydrogens (tertiary/aromatic N) is 2. The van der Waals surface area contributed by atoms with E-state index < -0.39 is 16.6 Å². The molecule has 0 atom stereocenters. The monoisotopic (exact) mass is 377 g/mol. The number of rotatable bonds is 6. The van der Waals surface area contributed by atoms with Gasteiger partial charge in [0.1, 0.15) is 5.75 Å². The zero-order valence-electron chi connectivity index (χ0n) is 13.8. The van der Waals surface area contributed by atoms with Crippen LogP contribution in [0.3, 0.4) is 0 Å². The fourth-order valence-electron chi connectivity index (χ4n) is 2.60. The molecule has 2 rings (SSSR count). The molecular weight excluding hydrogens is 356 g/mol. The first-order valence-corrected chi connectivity index (χ1v) is 9.61. The molecule has 0 unspecified atom stereocenters. The number of carbonyl (C=O) groups excluding carboxylic acids is 1. The Morgan fingerprint density at radius 1 is 1.24 bits per heavy atom. The lowest BCUT2D eigenvalue weighted by molar-refractivity contribution is -0.117. The molecule has 1 N–H and O–H groups in total. The Kier molecular flexibility index (Phi) is 6.68. The quantitative estimate of drug-likeness (QED) is 0.806. The van der Waals surface area contributed by atoms with Gasteiger partial charge in [0.25, 0.3) is 0 Å². The van der Waals surface area contributed by atoms with Gasteiger partial charge in [0.15, 0.2) is 0 Å². The summed E-state index contributed by atoms with van der Waals surface area (Å²) < 4.78 is 53.7. The van der Waals surface area contributed by atoms with Crippen molar-refractivity contribution in [3.8, 4) is 5.75 Å². The summed E-state index contributed by atoms with van der Waals surface area (Å²) in [5.74, 6) is -0.483.